The summed E-state index contributed by atoms with van der Waals surface area (Å²) in [5.74, 6) is 0.941. The second-order valence-electron chi connectivity index (χ2n) is 2.79. The molecule has 0 bridgehead atoms. The molecule has 1 heterocycles. The Labute approximate surface area is 91.2 Å². The van der Waals surface area contributed by atoms with E-state index in [9.17, 15) is 0 Å². The number of aromatic nitrogens is 1. The number of nitrogen functional groups attached to an aromatic ring is 1. The highest BCUT2D eigenvalue weighted by Gasteiger charge is 1.98. The van der Waals surface area contributed by atoms with Gasteiger partial charge in [0.05, 0.1) is 11.9 Å². The number of hydrogen-bond donors (Lipinski definition) is 1. The lowest BCUT2D eigenvalue weighted by atomic mass is 10.2. The second kappa shape index (κ2) is 5.89. The fourth-order valence-electron chi connectivity index (χ4n) is 0.796. The monoisotopic (exact) mass is 223 g/mol. The molecule has 0 saturated carbocycles. The van der Waals surface area contributed by atoms with Crippen LogP contribution in [0.15, 0.2) is 12.3 Å². The molecule has 1 aromatic heterocycles. The Morgan fingerprint density at radius 1 is 1.31 bits per heavy atom. The molecule has 0 spiro atoms. The van der Waals surface area contributed by atoms with Crippen LogP contribution in [0.1, 0.15) is 5.56 Å². The Morgan fingerprint density at radius 2 is 1.85 bits per heavy atom. The van der Waals surface area contributed by atoms with Gasteiger partial charge in [0.1, 0.15) is 5.82 Å². The van der Waals surface area contributed by atoms with E-state index >= 15 is 0 Å². The molecule has 0 radical (unpaired) electrons. The van der Waals surface area contributed by atoms with E-state index in [1.54, 1.807) is 6.20 Å². The second-order valence-corrected chi connectivity index (χ2v) is 2.79. The summed E-state index contributed by atoms with van der Waals surface area (Å²) < 4.78 is 0. The molecule has 0 fully saturated rings. The fraction of sp³-hybridized carbons (Fsp3) is 0.375. The minimum atomic E-state index is 0. The van der Waals surface area contributed by atoms with Crippen molar-refractivity contribution in [1.29, 1.82) is 0 Å². The first kappa shape index (κ1) is 14.8. The Balaban J connectivity index is 0. The molecule has 0 saturated heterocycles. The van der Waals surface area contributed by atoms with Crippen LogP contribution in [0.25, 0.3) is 0 Å². The van der Waals surface area contributed by atoms with Gasteiger partial charge in [-0.2, -0.15) is 0 Å². The molecule has 0 aliphatic rings. The molecule has 2 N–H and O–H groups in total. The van der Waals surface area contributed by atoms with Crippen LogP contribution in [-0.2, 0) is 0 Å². The smallest absolute Gasteiger partial charge is 0.128 e. The Bertz CT molecular complexity index is 264. The van der Waals surface area contributed by atoms with Gasteiger partial charge < -0.3 is 10.6 Å². The van der Waals surface area contributed by atoms with Gasteiger partial charge in [-0.05, 0) is 18.6 Å². The predicted octanol–water partition coefficient (Wildman–Crippen LogP) is 1.88. The van der Waals surface area contributed by atoms with Crippen LogP contribution in [0.2, 0.25) is 0 Å². The number of aryl methyl sites for hydroxylation is 1. The van der Waals surface area contributed by atoms with Crippen molar-refractivity contribution >= 4 is 36.3 Å². The van der Waals surface area contributed by atoms with Gasteiger partial charge in [-0.3, -0.25) is 0 Å². The highest BCUT2D eigenvalue weighted by Crippen LogP contribution is 2.14. The summed E-state index contributed by atoms with van der Waals surface area (Å²) in [5, 5.41) is 0. The van der Waals surface area contributed by atoms with Gasteiger partial charge >= 0.3 is 0 Å². The van der Waals surface area contributed by atoms with E-state index in [1.807, 2.05) is 32.0 Å². The minimum Gasteiger partial charge on any atom is -0.397 e. The van der Waals surface area contributed by atoms with Crippen LogP contribution >= 0.6 is 24.8 Å². The van der Waals surface area contributed by atoms with Crippen molar-refractivity contribution in [3.05, 3.63) is 17.8 Å². The maximum atomic E-state index is 5.61. The van der Waals surface area contributed by atoms with Crippen molar-refractivity contribution in [1.82, 2.24) is 4.98 Å². The molecule has 1 aromatic rings. The van der Waals surface area contributed by atoms with E-state index in [2.05, 4.69) is 4.98 Å². The number of nitrogens with zero attached hydrogens (tertiary/aromatic N) is 2. The topological polar surface area (TPSA) is 42.2 Å². The van der Waals surface area contributed by atoms with Gasteiger partial charge in [-0.15, -0.1) is 24.8 Å². The van der Waals surface area contributed by atoms with Crippen molar-refractivity contribution in [2.75, 3.05) is 24.7 Å². The van der Waals surface area contributed by atoms with Crippen molar-refractivity contribution in [2.24, 2.45) is 0 Å². The van der Waals surface area contributed by atoms with Crippen LogP contribution in [0.5, 0.6) is 0 Å². The molecule has 0 atom stereocenters. The average molecular weight is 224 g/mol. The summed E-state index contributed by atoms with van der Waals surface area (Å²) in [6, 6.07) is 1.97. The zero-order valence-corrected chi connectivity index (χ0v) is 9.58. The summed E-state index contributed by atoms with van der Waals surface area (Å²) >= 11 is 0. The lowest BCUT2D eigenvalue weighted by Crippen LogP contribution is -2.10. The molecule has 3 nitrogen and oxygen atoms in total. The summed E-state index contributed by atoms with van der Waals surface area (Å²) in [7, 11) is 3.91. The number of anilines is 2. The number of halogens is 2. The normalized spacial score (nSPS) is 8.23. The van der Waals surface area contributed by atoms with E-state index < -0.39 is 0 Å². The maximum Gasteiger partial charge on any atom is 0.128 e. The van der Waals surface area contributed by atoms with Crippen molar-refractivity contribution < 1.29 is 0 Å². The van der Waals surface area contributed by atoms with Crippen molar-refractivity contribution in [3.8, 4) is 0 Å². The number of rotatable bonds is 1. The average Bonchev–Trinajstić information content (AvgIpc) is 1.94. The number of hydrogen-bond acceptors (Lipinski definition) is 3. The molecule has 0 unspecified atom stereocenters. The minimum absolute atomic E-state index is 0. The Kier molecular flexibility index (Phi) is 6.72. The van der Waals surface area contributed by atoms with Crippen molar-refractivity contribution in [3.63, 3.8) is 0 Å². The van der Waals surface area contributed by atoms with Gasteiger partial charge in [-0.1, -0.05) is 0 Å². The summed E-state index contributed by atoms with van der Waals surface area (Å²) in [6.45, 7) is 1.98. The van der Waals surface area contributed by atoms with Crippen LogP contribution in [0.3, 0.4) is 0 Å². The maximum absolute atomic E-state index is 5.61. The highest BCUT2D eigenvalue weighted by molar-refractivity contribution is 5.85. The van der Waals surface area contributed by atoms with Gasteiger partial charge in [0.25, 0.3) is 0 Å². The Morgan fingerprint density at radius 3 is 2.23 bits per heavy atom. The van der Waals surface area contributed by atoms with Crippen LogP contribution in [0.4, 0.5) is 11.5 Å². The molecular weight excluding hydrogens is 209 g/mol. The lowest BCUT2D eigenvalue weighted by Gasteiger charge is -2.11. The molecule has 0 amide bonds. The van der Waals surface area contributed by atoms with E-state index in [-0.39, 0.29) is 24.8 Å². The molecule has 0 aromatic carbocycles. The number of nitrogens with two attached hydrogens (primary N) is 1. The molecule has 0 aliphatic carbocycles. The van der Waals surface area contributed by atoms with Gasteiger partial charge in [0, 0.05) is 14.1 Å². The molecule has 5 heteroatoms. The van der Waals surface area contributed by atoms with E-state index in [0.717, 1.165) is 17.1 Å². The molecule has 1 rings (SSSR count). The largest absolute Gasteiger partial charge is 0.397 e. The molecule has 0 aliphatic heterocycles. The fourth-order valence-corrected chi connectivity index (χ4v) is 0.796. The third-order valence-electron chi connectivity index (χ3n) is 1.60. The number of pyridine rings is 1. The summed E-state index contributed by atoms with van der Waals surface area (Å²) in [6.07, 6.45) is 1.69. The van der Waals surface area contributed by atoms with Gasteiger partial charge in [-0.25, -0.2) is 4.98 Å². The van der Waals surface area contributed by atoms with Gasteiger partial charge in [0.2, 0.25) is 0 Å². The summed E-state index contributed by atoms with van der Waals surface area (Å²) in [4.78, 5) is 6.09. The third-order valence-corrected chi connectivity index (χ3v) is 1.60. The molecule has 76 valence electrons. The quantitative estimate of drug-likeness (QED) is 0.791. The van der Waals surface area contributed by atoms with E-state index in [4.69, 9.17) is 5.73 Å². The van der Waals surface area contributed by atoms with Crippen LogP contribution < -0.4 is 10.6 Å². The molecule has 13 heavy (non-hydrogen) atoms. The predicted molar refractivity (Wildman–Crippen MR) is 62.2 cm³/mol. The zero-order valence-electron chi connectivity index (χ0n) is 7.94. The van der Waals surface area contributed by atoms with Crippen molar-refractivity contribution in [2.45, 2.75) is 6.92 Å². The highest BCUT2D eigenvalue weighted by atomic mass is 35.5. The standard InChI is InChI=1S/C8H13N3.2ClH/c1-6-4-8(11(2)3)10-5-7(6)9;;/h4-5H,9H2,1-3H3;2*1H. The first-order valence-electron chi connectivity index (χ1n) is 3.50. The SMILES string of the molecule is Cc1cc(N(C)C)ncc1N.Cl.Cl. The summed E-state index contributed by atoms with van der Waals surface area (Å²) in [5.41, 5.74) is 7.43. The first-order valence-corrected chi connectivity index (χ1v) is 3.50. The third kappa shape index (κ3) is 3.70. The lowest BCUT2D eigenvalue weighted by molar-refractivity contribution is 1.06. The molecular formula is C8H15Cl2N3. The van der Waals surface area contributed by atoms with E-state index in [0.29, 0.717) is 0 Å². The van der Waals surface area contributed by atoms with Crippen LogP contribution in [-0.4, -0.2) is 19.1 Å². The van der Waals surface area contributed by atoms with Crippen LogP contribution in [0, 0.1) is 6.92 Å². The van der Waals surface area contributed by atoms with E-state index in [1.165, 1.54) is 0 Å². The van der Waals surface area contributed by atoms with Gasteiger partial charge in [0.15, 0.2) is 0 Å². The first-order chi connectivity index (χ1) is 5.11. The Hall–Kier alpha value is -0.670. The zero-order chi connectivity index (χ0) is 8.43.